The molecule has 1 aromatic heterocycles. The van der Waals surface area contributed by atoms with E-state index in [1.807, 2.05) is 12.1 Å². The van der Waals surface area contributed by atoms with E-state index in [4.69, 9.17) is 4.74 Å². The molecule has 0 bridgehead atoms. The van der Waals surface area contributed by atoms with Gasteiger partial charge < -0.3 is 4.74 Å². The Hall–Kier alpha value is -1.12. The van der Waals surface area contributed by atoms with E-state index in [0.717, 1.165) is 5.56 Å². The minimum Gasteiger partial charge on any atom is -0.471 e. The predicted octanol–water partition coefficient (Wildman–Crippen LogP) is 2.87. The van der Waals surface area contributed by atoms with E-state index in [2.05, 4.69) is 25.8 Å². The molecule has 1 fully saturated rings. The fourth-order valence-corrected chi connectivity index (χ4v) is 1.36. The van der Waals surface area contributed by atoms with Crippen LogP contribution < -0.4 is 4.74 Å². The standard InChI is InChI=1S/C12H16FNO/c1-12(2,3)8-4-5-14-11(6-8)15-10-7-9(10)13/h4-6,9-10H,7H2,1-3H3. The molecule has 0 saturated heterocycles. The summed E-state index contributed by atoms with van der Waals surface area (Å²) < 4.78 is 18.0. The van der Waals surface area contributed by atoms with Gasteiger partial charge in [-0.3, -0.25) is 0 Å². The summed E-state index contributed by atoms with van der Waals surface area (Å²) in [6.07, 6.45) is 1.14. The van der Waals surface area contributed by atoms with Gasteiger partial charge in [0, 0.05) is 18.7 Å². The number of alkyl halides is 1. The van der Waals surface area contributed by atoms with E-state index in [0.29, 0.717) is 12.3 Å². The van der Waals surface area contributed by atoms with Crippen molar-refractivity contribution in [1.82, 2.24) is 4.98 Å². The number of hydrogen-bond acceptors (Lipinski definition) is 2. The molecule has 0 aromatic carbocycles. The Bertz CT molecular complexity index is 359. The van der Waals surface area contributed by atoms with Gasteiger partial charge in [0.05, 0.1) is 0 Å². The highest BCUT2D eigenvalue weighted by Gasteiger charge is 2.40. The minimum atomic E-state index is -0.801. The molecule has 2 nitrogen and oxygen atoms in total. The Morgan fingerprint density at radius 2 is 2.13 bits per heavy atom. The first kappa shape index (κ1) is 10.4. The minimum absolute atomic E-state index is 0.0692. The first-order valence-electron chi connectivity index (χ1n) is 5.24. The van der Waals surface area contributed by atoms with E-state index in [1.165, 1.54) is 0 Å². The highest BCUT2D eigenvalue weighted by Crippen LogP contribution is 2.31. The Balaban J connectivity index is 2.12. The van der Waals surface area contributed by atoms with Crippen LogP contribution in [0.5, 0.6) is 5.88 Å². The van der Waals surface area contributed by atoms with Gasteiger partial charge in [-0.2, -0.15) is 0 Å². The summed E-state index contributed by atoms with van der Waals surface area (Å²) in [6, 6.07) is 3.86. The number of ether oxygens (including phenoxy) is 1. The number of aromatic nitrogens is 1. The van der Waals surface area contributed by atoms with Gasteiger partial charge in [0.1, 0.15) is 12.3 Å². The molecule has 1 aliphatic carbocycles. The molecule has 1 aromatic rings. The van der Waals surface area contributed by atoms with E-state index in [-0.39, 0.29) is 11.5 Å². The largest absolute Gasteiger partial charge is 0.471 e. The molecule has 82 valence electrons. The second-order valence-electron chi connectivity index (χ2n) is 5.04. The molecule has 0 radical (unpaired) electrons. The van der Waals surface area contributed by atoms with Crippen LogP contribution in [0.1, 0.15) is 32.8 Å². The quantitative estimate of drug-likeness (QED) is 0.747. The molecular weight excluding hydrogens is 193 g/mol. The van der Waals surface area contributed by atoms with Gasteiger partial charge in [-0.15, -0.1) is 0 Å². The van der Waals surface area contributed by atoms with Crippen molar-refractivity contribution in [2.75, 3.05) is 0 Å². The highest BCUT2D eigenvalue weighted by molar-refractivity contribution is 5.27. The van der Waals surface area contributed by atoms with E-state index < -0.39 is 6.17 Å². The summed E-state index contributed by atoms with van der Waals surface area (Å²) in [4.78, 5) is 4.08. The van der Waals surface area contributed by atoms with Crippen LogP contribution in [0.15, 0.2) is 18.3 Å². The smallest absolute Gasteiger partial charge is 0.213 e. The van der Waals surface area contributed by atoms with Crippen LogP contribution in [0, 0.1) is 0 Å². The Kier molecular flexibility index (Phi) is 2.41. The lowest BCUT2D eigenvalue weighted by Gasteiger charge is -2.19. The number of pyridine rings is 1. The monoisotopic (exact) mass is 209 g/mol. The number of halogens is 1. The van der Waals surface area contributed by atoms with Crippen LogP contribution >= 0.6 is 0 Å². The lowest BCUT2D eigenvalue weighted by atomic mass is 9.88. The van der Waals surface area contributed by atoms with Crippen molar-refractivity contribution in [2.45, 2.75) is 44.9 Å². The molecular formula is C12H16FNO. The van der Waals surface area contributed by atoms with E-state index in [1.54, 1.807) is 6.20 Å². The summed E-state index contributed by atoms with van der Waals surface area (Å²) in [5.74, 6) is 0.535. The number of rotatable bonds is 2. The van der Waals surface area contributed by atoms with Crippen molar-refractivity contribution in [2.24, 2.45) is 0 Å². The fraction of sp³-hybridized carbons (Fsp3) is 0.583. The molecule has 15 heavy (non-hydrogen) atoms. The maximum absolute atomic E-state index is 12.6. The summed E-state index contributed by atoms with van der Waals surface area (Å²) in [7, 11) is 0. The predicted molar refractivity (Wildman–Crippen MR) is 56.9 cm³/mol. The van der Waals surface area contributed by atoms with Crippen LogP contribution in [-0.4, -0.2) is 17.3 Å². The number of hydrogen-bond donors (Lipinski definition) is 0. The van der Waals surface area contributed by atoms with Crippen LogP contribution in [0.3, 0.4) is 0 Å². The summed E-state index contributed by atoms with van der Waals surface area (Å²) in [6.45, 7) is 6.38. The van der Waals surface area contributed by atoms with Gasteiger partial charge in [0.15, 0.2) is 0 Å². The van der Waals surface area contributed by atoms with Gasteiger partial charge in [-0.1, -0.05) is 20.8 Å². The van der Waals surface area contributed by atoms with Gasteiger partial charge in [0.25, 0.3) is 0 Å². The Morgan fingerprint density at radius 1 is 1.47 bits per heavy atom. The molecule has 3 heteroatoms. The first-order valence-corrected chi connectivity index (χ1v) is 5.24. The van der Waals surface area contributed by atoms with Gasteiger partial charge in [-0.05, 0) is 17.0 Å². The van der Waals surface area contributed by atoms with Crippen molar-refractivity contribution in [3.05, 3.63) is 23.9 Å². The molecule has 0 spiro atoms. The molecule has 1 saturated carbocycles. The zero-order valence-electron chi connectivity index (χ0n) is 9.33. The summed E-state index contributed by atoms with van der Waals surface area (Å²) in [5.41, 5.74) is 1.23. The molecule has 1 heterocycles. The first-order chi connectivity index (χ1) is 6.97. The average Bonchev–Trinajstić information content (AvgIpc) is 2.81. The van der Waals surface area contributed by atoms with Crippen molar-refractivity contribution in [3.8, 4) is 5.88 Å². The molecule has 2 atom stereocenters. The van der Waals surface area contributed by atoms with E-state index in [9.17, 15) is 4.39 Å². The molecule has 0 aliphatic heterocycles. The molecule has 0 amide bonds. The van der Waals surface area contributed by atoms with Crippen LogP contribution in [0.4, 0.5) is 4.39 Å². The molecule has 2 unspecified atom stereocenters. The normalized spacial score (nSPS) is 25.1. The van der Waals surface area contributed by atoms with Crippen molar-refractivity contribution >= 4 is 0 Å². The van der Waals surface area contributed by atoms with Gasteiger partial charge in [0.2, 0.25) is 5.88 Å². The zero-order chi connectivity index (χ0) is 11.1. The molecule has 1 aliphatic rings. The third-order valence-electron chi connectivity index (χ3n) is 2.53. The topological polar surface area (TPSA) is 22.1 Å². The lowest BCUT2D eigenvalue weighted by Crippen LogP contribution is -2.12. The highest BCUT2D eigenvalue weighted by atomic mass is 19.1. The maximum atomic E-state index is 12.6. The Labute approximate surface area is 89.5 Å². The zero-order valence-corrected chi connectivity index (χ0v) is 9.33. The van der Waals surface area contributed by atoms with Crippen molar-refractivity contribution in [1.29, 1.82) is 0 Å². The SMILES string of the molecule is CC(C)(C)c1ccnc(OC2CC2F)c1. The Morgan fingerprint density at radius 3 is 2.67 bits per heavy atom. The van der Waals surface area contributed by atoms with Gasteiger partial charge >= 0.3 is 0 Å². The van der Waals surface area contributed by atoms with E-state index >= 15 is 0 Å². The summed E-state index contributed by atoms with van der Waals surface area (Å²) >= 11 is 0. The van der Waals surface area contributed by atoms with Crippen LogP contribution in [0.25, 0.3) is 0 Å². The fourth-order valence-electron chi connectivity index (χ4n) is 1.36. The third-order valence-corrected chi connectivity index (χ3v) is 2.53. The van der Waals surface area contributed by atoms with Crippen LogP contribution in [0.2, 0.25) is 0 Å². The number of nitrogens with zero attached hydrogens (tertiary/aromatic N) is 1. The molecule has 2 rings (SSSR count). The van der Waals surface area contributed by atoms with Crippen molar-refractivity contribution < 1.29 is 9.13 Å². The maximum Gasteiger partial charge on any atom is 0.213 e. The van der Waals surface area contributed by atoms with Crippen molar-refractivity contribution in [3.63, 3.8) is 0 Å². The van der Waals surface area contributed by atoms with Gasteiger partial charge in [-0.25, -0.2) is 9.37 Å². The summed E-state index contributed by atoms with van der Waals surface area (Å²) in [5, 5.41) is 0. The average molecular weight is 209 g/mol. The lowest BCUT2D eigenvalue weighted by molar-refractivity contribution is 0.251. The second-order valence-corrected chi connectivity index (χ2v) is 5.04. The molecule has 0 N–H and O–H groups in total. The van der Waals surface area contributed by atoms with Crippen LogP contribution in [-0.2, 0) is 5.41 Å². The second kappa shape index (κ2) is 3.47. The third kappa shape index (κ3) is 2.46.